The molecule has 3 heteroatoms. The van der Waals surface area contributed by atoms with Crippen molar-refractivity contribution < 1.29 is 4.74 Å². The fourth-order valence-corrected chi connectivity index (χ4v) is 0.861. The molecule has 0 aliphatic heterocycles. The summed E-state index contributed by atoms with van der Waals surface area (Å²) in [6.45, 7) is 3.61. The largest absolute Gasteiger partial charge is 0.505 e. The monoisotopic (exact) mass is 196 g/mol. The van der Waals surface area contributed by atoms with Gasteiger partial charge in [0.05, 0.1) is 0 Å². The lowest BCUT2D eigenvalue weighted by Crippen LogP contribution is -2.11. The van der Waals surface area contributed by atoms with Crippen LogP contribution >= 0.6 is 12.4 Å². The zero-order chi connectivity index (χ0) is 8.10. The second-order valence-electron chi connectivity index (χ2n) is 2.13. The van der Waals surface area contributed by atoms with E-state index in [0.717, 1.165) is 5.75 Å². The fraction of sp³-hybridized carbons (Fsp3) is 0.111. The highest BCUT2D eigenvalue weighted by Gasteiger charge is 1.94. The van der Waals surface area contributed by atoms with E-state index in [1.54, 1.807) is 6.08 Å². The van der Waals surface area contributed by atoms with Gasteiger partial charge in [-0.15, -0.1) is 19.0 Å². The fourth-order valence-electron chi connectivity index (χ4n) is 0.704. The van der Waals surface area contributed by atoms with Crippen LogP contribution in [0, 0.1) is 0 Å². The second-order valence-corrected chi connectivity index (χ2v) is 2.79. The van der Waals surface area contributed by atoms with Crippen molar-refractivity contribution in [3.05, 3.63) is 43.0 Å². The van der Waals surface area contributed by atoms with E-state index in [1.807, 2.05) is 30.3 Å². The van der Waals surface area contributed by atoms with Crippen LogP contribution in [0.4, 0.5) is 0 Å². The van der Waals surface area contributed by atoms with Gasteiger partial charge in [0, 0.05) is 4.97 Å². The van der Waals surface area contributed by atoms with Crippen LogP contribution in [0.2, 0.25) is 0 Å². The van der Waals surface area contributed by atoms with Crippen molar-refractivity contribution in [1.82, 2.24) is 0 Å². The predicted molar refractivity (Wildman–Crippen MR) is 54.1 cm³/mol. The molecule has 0 saturated carbocycles. The Balaban J connectivity index is 0.00000121. The lowest BCUT2D eigenvalue weighted by molar-refractivity contribution is 0.326. The lowest BCUT2D eigenvalue weighted by Gasteiger charge is -2.10. The van der Waals surface area contributed by atoms with Crippen LogP contribution in [0.15, 0.2) is 43.0 Å². The Bertz CT molecular complexity index is 225. The summed E-state index contributed by atoms with van der Waals surface area (Å²) in [6.07, 6.45) is 1.73. The third kappa shape index (κ3) is 3.83. The summed E-state index contributed by atoms with van der Waals surface area (Å²) >= 11 is 2.54. The lowest BCUT2D eigenvalue weighted by atomic mass is 10.3. The van der Waals surface area contributed by atoms with Crippen molar-refractivity contribution >= 4 is 28.7 Å². The van der Waals surface area contributed by atoms with Crippen LogP contribution < -0.4 is 4.74 Å². The first kappa shape index (κ1) is 11.6. The molecule has 1 unspecified atom stereocenters. The molecule has 1 aromatic carbocycles. The van der Waals surface area contributed by atoms with Crippen LogP contribution in [0.25, 0.3) is 0 Å². The highest BCUT2D eigenvalue weighted by Crippen LogP contribution is 2.09. The van der Waals surface area contributed by atoms with E-state index in [2.05, 4.69) is 22.9 Å². The van der Waals surface area contributed by atoms with Crippen molar-refractivity contribution in [3.63, 3.8) is 0 Å². The molecular weight excluding hydrogens is 187 g/mol. The van der Waals surface area contributed by atoms with E-state index in [4.69, 9.17) is 4.74 Å². The molecule has 0 aromatic heterocycles. The molecule has 1 nitrogen and oxygen atoms in total. The predicted octanol–water partition coefficient (Wildman–Crippen LogP) is 2.17. The third-order valence-corrected chi connectivity index (χ3v) is 1.66. The number of halogens is 1. The summed E-state index contributed by atoms with van der Waals surface area (Å²) in [5.41, 5.74) is 0. The highest BCUT2D eigenvalue weighted by atomic mass is 35.5. The first-order chi connectivity index (χ1) is 5.33. The average molecular weight is 197 g/mol. The summed E-state index contributed by atoms with van der Waals surface area (Å²) in [4.78, 5) is -0.00241. The molecule has 0 fully saturated rings. The molecule has 0 saturated heterocycles. The minimum atomic E-state index is -0.00241. The van der Waals surface area contributed by atoms with Gasteiger partial charge < -0.3 is 4.74 Å². The Kier molecular flexibility index (Phi) is 5.92. The molecule has 0 heterocycles. The van der Waals surface area contributed by atoms with Crippen molar-refractivity contribution in [3.8, 4) is 5.75 Å². The van der Waals surface area contributed by atoms with Crippen molar-refractivity contribution in [1.29, 1.82) is 0 Å². The van der Waals surface area contributed by atoms with Gasteiger partial charge in [-0.3, -0.25) is 0 Å². The molecule has 62 valence electrons. The molecule has 1 atom stereocenters. The molecular formula is C9H10AlClO. The van der Waals surface area contributed by atoms with E-state index < -0.39 is 0 Å². The molecule has 0 spiro atoms. The molecule has 0 amide bonds. The Morgan fingerprint density at radius 1 is 1.33 bits per heavy atom. The minimum Gasteiger partial charge on any atom is -0.505 e. The van der Waals surface area contributed by atoms with Crippen molar-refractivity contribution in [2.45, 2.75) is 4.97 Å². The molecule has 1 aromatic rings. The highest BCUT2D eigenvalue weighted by molar-refractivity contribution is 6.12. The Morgan fingerprint density at radius 3 is 2.42 bits per heavy atom. The summed E-state index contributed by atoms with van der Waals surface area (Å²) in [5, 5.41) is 0. The van der Waals surface area contributed by atoms with Crippen LogP contribution in [0.1, 0.15) is 0 Å². The molecule has 0 bridgehead atoms. The molecule has 12 heavy (non-hydrogen) atoms. The van der Waals surface area contributed by atoms with Crippen LogP contribution in [-0.4, -0.2) is 21.3 Å². The van der Waals surface area contributed by atoms with Gasteiger partial charge in [0.15, 0.2) is 16.3 Å². The maximum absolute atomic E-state index is 5.41. The SMILES string of the molecule is C=C[CH]([Al])Oc1ccccc1.Cl. The topological polar surface area (TPSA) is 9.23 Å². The second kappa shape index (κ2) is 6.14. The molecule has 2 radical (unpaired) electrons. The van der Waals surface area contributed by atoms with Gasteiger partial charge >= 0.3 is 0 Å². The minimum absolute atomic E-state index is 0. The Morgan fingerprint density at radius 2 is 1.92 bits per heavy atom. The third-order valence-electron chi connectivity index (χ3n) is 1.25. The average Bonchev–Trinajstić information content (AvgIpc) is 2.06. The van der Waals surface area contributed by atoms with Gasteiger partial charge in [0.2, 0.25) is 0 Å². The number of rotatable bonds is 3. The van der Waals surface area contributed by atoms with Crippen LogP contribution in [0.5, 0.6) is 5.75 Å². The summed E-state index contributed by atoms with van der Waals surface area (Å²) in [5.74, 6) is 0.868. The maximum atomic E-state index is 5.41. The molecule has 0 N–H and O–H groups in total. The Hall–Kier alpha value is -0.418. The van der Waals surface area contributed by atoms with Gasteiger partial charge in [0.1, 0.15) is 5.75 Å². The quantitative estimate of drug-likeness (QED) is 0.532. The van der Waals surface area contributed by atoms with Gasteiger partial charge in [-0.2, -0.15) is 0 Å². The number of benzene rings is 1. The molecule has 1 rings (SSSR count). The van der Waals surface area contributed by atoms with Gasteiger partial charge in [-0.1, -0.05) is 24.3 Å². The van der Waals surface area contributed by atoms with E-state index in [9.17, 15) is 0 Å². The van der Waals surface area contributed by atoms with Gasteiger partial charge in [-0.25, -0.2) is 0 Å². The zero-order valence-electron chi connectivity index (χ0n) is 6.64. The number of ether oxygens (including phenoxy) is 1. The maximum Gasteiger partial charge on any atom is 0.200 e. The van der Waals surface area contributed by atoms with Gasteiger partial charge in [-0.05, 0) is 12.1 Å². The first-order valence-electron chi connectivity index (χ1n) is 3.43. The standard InChI is InChI=1S/C9H9O.Al.ClH/c1-2-8-10-9-6-4-3-5-7-9;;/h2-8H,1H2;;1H. The Labute approximate surface area is 87.3 Å². The normalized spacial score (nSPS) is 11.0. The van der Waals surface area contributed by atoms with E-state index in [0.29, 0.717) is 0 Å². The van der Waals surface area contributed by atoms with Crippen molar-refractivity contribution in [2.75, 3.05) is 0 Å². The summed E-state index contributed by atoms with van der Waals surface area (Å²) in [7, 11) is 0. The molecule has 0 aliphatic rings. The number of para-hydroxylation sites is 1. The number of hydrogen-bond donors (Lipinski definition) is 0. The summed E-state index contributed by atoms with van der Waals surface area (Å²) < 4.78 is 5.41. The van der Waals surface area contributed by atoms with Crippen molar-refractivity contribution in [2.24, 2.45) is 0 Å². The van der Waals surface area contributed by atoms with Crippen LogP contribution in [0.3, 0.4) is 0 Å². The van der Waals surface area contributed by atoms with E-state index >= 15 is 0 Å². The van der Waals surface area contributed by atoms with Crippen LogP contribution in [-0.2, 0) is 0 Å². The number of hydrogen-bond acceptors (Lipinski definition) is 1. The first-order valence-corrected chi connectivity index (χ1v) is 4.09. The smallest absolute Gasteiger partial charge is 0.200 e. The van der Waals surface area contributed by atoms with E-state index in [1.165, 1.54) is 0 Å². The molecule has 0 aliphatic carbocycles. The van der Waals surface area contributed by atoms with E-state index in [-0.39, 0.29) is 17.4 Å². The van der Waals surface area contributed by atoms with Gasteiger partial charge in [0.25, 0.3) is 0 Å². The zero-order valence-corrected chi connectivity index (χ0v) is 8.61. The summed E-state index contributed by atoms with van der Waals surface area (Å²) in [6, 6.07) is 9.67.